The Bertz CT molecular complexity index is 1310. The number of hydrogen-bond acceptors (Lipinski definition) is 3. The molecule has 2 amide bonds. The molecule has 35 heavy (non-hydrogen) atoms. The molecule has 0 aromatic heterocycles. The van der Waals surface area contributed by atoms with Gasteiger partial charge < -0.3 is 14.7 Å². The van der Waals surface area contributed by atoms with Crippen LogP contribution in [0.2, 0.25) is 0 Å². The number of piperazine rings is 1. The fraction of sp³-hybridized carbons (Fsp3) is 0.333. The fourth-order valence-corrected chi connectivity index (χ4v) is 6.18. The van der Waals surface area contributed by atoms with Crippen molar-refractivity contribution in [2.24, 2.45) is 0 Å². The molecule has 0 aliphatic carbocycles. The van der Waals surface area contributed by atoms with E-state index in [2.05, 4.69) is 55.1 Å². The number of benzene rings is 3. The van der Waals surface area contributed by atoms with Crippen LogP contribution in [0.5, 0.6) is 0 Å². The van der Waals surface area contributed by atoms with Gasteiger partial charge in [0, 0.05) is 44.0 Å². The summed E-state index contributed by atoms with van der Waals surface area (Å²) in [5.74, 6) is -0.196. The van der Waals surface area contributed by atoms with E-state index in [0.717, 1.165) is 30.6 Å². The topological polar surface area (TPSA) is 43.9 Å². The van der Waals surface area contributed by atoms with Crippen molar-refractivity contribution < 1.29 is 9.59 Å². The van der Waals surface area contributed by atoms with Gasteiger partial charge in [-0.15, -0.1) is 0 Å². The average Bonchev–Trinajstić information content (AvgIpc) is 2.90. The predicted molar refractivity (Wildman–Crippen MR) is 138 cm³/mol. The summed E-state index contributed by atoms with van der Waals surface area (Å²) in [5.41, 5.74) is 7.78. The Kier molecular flexibility index (Phi) is 5.36. The molecule has 3 aliphatic heterocycles. The normalized spacial score (nSPS) is 21.3. The van der Waals surface area contributed by atoms with Gasteiger partial charge in [-0.25, -0.2) is 0 Å². The molecule has 0 unspecified atom stereocenters. The van der Waals surface area contributed by atoms with E-state index >= 15 is 0 Å². The largest absolute Gasteiger partial charge is 0.368 e. The van der Waals surface area contributed by atoms with E-state index in [1.54, 1.807) is 0 Å². The first-order chi connectivity index (χ1) is 17.0. The summed E-state index contributed by atoms with van der Waals surface area (Å²) in [6, 6.07) is 22.2. The molecule has 3 aromatic carbocycles. The summed E-state index contributed by atoms with van der Waals surface area (Å²) in [6.07, 6.45) is 0.829. The van der Waals surface area contributed by atoms with Gasteiger partial charge in [0.1, 0.15) is 0 Å². The highest BCUT2D eigenvalue weighted by atomic mass is 16.2. The zero-order valence-corrected chi connectivity index (χ0v) is 20.4. The maximum atomic E-state index is 14.2. The van der Waals surface area contributed by atoms with Crippen molar-refractivity contribution in [1.29, 1.82) is 0 Å². The number of carbonyl (C=O) groups excluding carboxylic acids is 2. The van der Waals surface area contributed by atoms with Gasteiger partial charge in [-0.1, -0.05) is 54.6 Å². The molecule has 178 valence electrons. The van der Waals surface area contributed by atoms with Gasteiger partial charge in [0.25, 0.3) is 5.91 Å². The summed E-state index contributed by atoms with van der Waals surface area (Å²) in [7, 11) is 0. The molecule has 3 aliphatic rings. The predicted octanol–water partition coefficient (Wildman–Crippen LogP) is 4.49. The average molecular weight is 466 g/mol. The molecule has 3 aromatic rings. The third-order valence-electron chi connectivity index (χ3n) is 8.21. The molecular formula is C30H31N3O2. The van der Waals surface area contributed by atoms with Gasteiger partial charge in [-0.3, -0.25) is 9.59 Å². The maximum Gasteiger partial charge on any atom is 0.254 e. The molecule has 3 heterocycles. The number of aryl methyl sites for hydroxylation is 1. The second-order valence-corrected chi connectivity index (χ2v) is 9.99. The number of hydrogen-bond donors (Lipinski definition) is 0. The lowest BCUT2D eigenvalue weighted by Gasteiger charge is -2.47. The van der Waals surface area contributed by atoms with Gasteiger partial charge in [0.2, 0.25) is 5.91 Å². The Hall–Kier alpha value is -3.60. The Morgan fingerprint density at radius 2 is 1.51 bits per heavy atom. The summed E-state index contributed by atoms with van der Waals surface area (Å²) in [4.78, 5) is 34.0. The second kappa shape index (κ2) is 8.56. The monoisotopic (exact) mass is 465 g/mol. The smallest absolute Gasteiger partial charge is 0.254 e. The van der Waals surface area contributed by atoms with Gasteiger partial charge in [-0.05, 0) is 60.2 Å². The highest BCUT2D eigenvalue weighted by molar-refractivity contribution is 6.01. The molecule has 0 radical (unpaired) electrons. The van der Waals surface area contributed by atoms with Crippen molar-refractivity contribution >= 4 is 17.5 Å². The molecule has 0 N–H and O–H groups in total. The lowest BCUT2D eigenvalue weighted by molar-refractivity contribution is -0.135. The van der Waals surface area contributed by atoms with E-state index in [-0.39, 0.29) is 23.8 Å². The minimum atomic E-state index is -0.377. The van der Waals surface area contributed by atoms with Gasteiger partial charge >= 0.3 is 0 Å². The van der Waals surface area contributed by atoms with Crippen LogP contribution in [0.3, 0.4) is 0 Å². The number of nitrogens with zero attached hydrogens (tertiary/aromatic N) is 3. The van der Waals surface area contributed by atoms with E-state index in [0.29, 0.717) is 25.2 Å². The zero-order valence-electron chi connectivity index (χ0n) is 20.4. The van der Waals surface area contributed by atoms with E-state index in [9.17, 15) is 9.59 Å². The molecule has 0 spiro atoms. The van der Waals surface area contributed by atoms with Crippen LogP contribution in [0.15, 0.2) is 66.7 Å². The van der Waals surface area contributed by atoms with Crippen molar-refractivity contribution in [3.8, 4) is 0 Å². The molecule has 1 fully saturated rings. The number of fused-ring (bicyclic) bond motifs is 4. The van der Waals surface area contributed by atoms with Crippen molar-refractivity contribution in [1.82, 2.24) is 9.80 Å². The summed E-state index contributed by atoms with van der Waals surface area (Å²) in [5, 5.41) is 0. The van der Waals surface area contributed by atoms with Crippen LogP contribution in [-0.2, 0) is 11.2 Å². The number of rotatable bonds is 2. The third kappa shape index (κ3) is 3.53. The van der Waals surface area contributed by atoms with Crippen molar-refractivity contribution in [3.05, 3.63) is 100 Å². The van der Waals surface area contributed by atoms with E-state index in [1.165, 1.54) is 22.4 Å². The Labute approximate surface area is 207 Å². The Balaban J connectivity index is 1.33. The van der Waals surface area contributed by atoms with Crippen molar-refractivity contribution in [2.45, 2.75) is 32.2 Å². The Morgan fingerprint density at radius 3 is 2.31 bits per heavy atom. The van der Waals surface area contributed by atoms with E-state index < -0.39 is 0 Å². The van der Waals surface area contributed by atoms with Crippen LogP contribution in [0.1, 0.15) is 50.1 Å². The first kappa shape index (κ1) is 21.9. The maximum absolute atomic E-state index is 14.2. The second-order valence-electron chi connectivity index (χ2n) is 9.99. The number of carbonyl (C=O) groups is 2. The molecule has 0 bridgehead atoms. The van der Waals surface area contributed by atoms with Crippen LogP contribution in [0, 0.1) is 13.8 Å². The molecule has 2 atom stereocenters. The highest BCUT2D eigenvalue weighted by Crippen LogP contribution is 2.46. The van der Waals surface area contributed by atoms with Crippen LogP contribution in [-0.4, -0.2) is 54.3 Å². The van der Waals surface area contributed by atoms with Gasteiger partial charge in [0.05, 0.1) is 12.0 Å². The first-order valence-electron chi connectivity index (χ1n) is 12.6. The van der Waals surface area contributed by atoms with Crippen molar-refractivity contribution in [2.75, 3.05) is 37.6 Å². The quantitative estimate of drug-likeness (QED) is 0.560. The van der Waals surface area contributed by atoms with Crippen LogP contribution < -0.4 is 4.90 Å². The van der Waals surface area contributed by atoms with Crippen LogP contribution in [0.4, 0.5) is 5.69 Å². The molecule has 0 saturated carbocycles. The van der Waals surface area contributed by atoms with E-state index in [4.69, 9.17) is 0 Å². The summed E-state index contributed by atoms with van der Waals surface area (Å²) in [6.45, 7) is 7.98. The molecule has 5 heteroatoms. The summed E-state index contributed by atoms with van der Waals surface area (Å²) >= 11 is 0. The lowest BCUT2D eigenvalue weighted by Crippen LogP contribution is -2.54. The lowest BCUT2D eigenvalue weighted by atomic mass is 9.75. The summed E-state index contributed by atoms with van der Waals surface area (Å²) < 4.78 is 0. The highest BCUT2D eigenvalue weighted by Gasteiger charge is 2.47. The van der Waals surface area contributed by atoms with Gasteiger partial charge in [0.15, 0.2) is 0 Å². The first-order valence-corrected chi connectivity index (χ1v) is 12.6. The fourth-order valence-electron chi connectivity index (χ4n) is 6.18. The molecular weight excluding hydrogens is 434 g/mol. The number of amides is 2. The Morgan fingerprint density at radius 1 is 0.800 bits per heavy atom. The SMILES string of the molecule is Cc1cccc(N2CCN(C(=O)[C@@H]3c4ccccc4C(=O)N4CCc5ccccc5[C@H]34)CC2)c1C. The zero-order chi connectivity index (χ0) is 24.1. The van der Waals surface area contributed by atoms with Crippen molar-refractivity contribution in [3.63, 3.8) is 0 Å². The third-order valence-corrected chi connectivity index (χ3v) is 8.21. The minimum absolute atomic E-state index is 0.0453. The van der Waals surface area contributed by atoms with E-state index in [1.807, 2.05) is 40.1 Å². The molecule has 6 rings (SSSR count). The minimum Gasteiger partial charge on any atom is -0.368 e. The molecule has 5 nitrogen and oxygen atoms in total. The molecule has 1 saturated heterocycles. The van der Waals surface area contributed by atoms with Crippen LogP contribution in [0.25, 0.3) is 0 Å². The van der Waals surface area contributed by atoms with Crippen LogP contribution >= 0.6 is 0 Å². The number of anilines is 1. The standard InChI is InChI=1S/C30H31N3O2/c1-20-8-7-13-26(21(20)2)31-16-18-32(19-17-31)30(35)27-24-11-5-6-12-25(24)29(34)33-15-14-22-9-3-4-10-23(22)28(27)33/h3-13,27-28H,14-19H2,1-2H3/t27-,28-/m1/s1. The van der Waals surface area contributed by atoms with Gasteiger partial charge in [-0.2, -0.15) is 0 Å².